The molecule has 0 radical (unpaired) electrons. The van der Waals surface area contributed by atoms with Crippen molar-refractivity contribution in [2.75, 3.05) is 13.2 Å². The first-order valence-corrected chi connectivity index (χ1v) is 10.2. The van der Waals surface area contributed by atoms with Crippen molar-refractivity contribution in [1.82, 2.24) is 10.2 Å². The van der Waals surface area contributed by atoms with Crippen LogP contribution < -0.4 is 5.32 Å². The first kappa shape index (κ1) is 21.7. The average molecular weight is 428 g/mol. The second-order valence-electron chi connectivity index (χ2n) is 6.74. The zero-order valence-corrected chi connectivity index (χ0v) is 16.9. The van der Waals surface area contributed by atoms with Gasteiger partial charge in [0.15, 0.2) is 0 Å². The molecule has 30 heavy (non-hydrogen) atoms. The lowest BCUT2D eigenvalue weighted by Gasteiger charge is -2.18. The molecule has 0 bridgehead atoms. The van der Waals surface area contributed by atoms with E-state index in [0.717, 1.165) is 22.2 Å². The smallest absolute Gasteiger partial charge is 0.293 e. The molecule has 2 aromatic rings. The minimum absolute atomic E-state index is 0.0870. The van der Waals surface area contributed by atoms with E-state index in [2.05, 4.69) is 5.32 Å². The Hall–Kier alpha value is -2.97. The molecule has 1 saturated heterocycles. The van der Waals surface area contributed by atoms with Crippen LogP contribution in [0.25, 0.3) is 6.08 Å². The van der Waals surface area contributed by atoms with Crippen LogP contribution in [0.15, 0.2) is 59.5 Å². The second-order valence-corrected chi connectivity index (χ2v) is 7.73. The molecule has 3 amide bonds. The van der Waals surface area contributed by atoms with E-state index in [1.807, 2.05) is 30.3 Å². The number of nitrogens with zero attached hydrogens (tertiary/aromatic N) is 1. The Morgan fingerprint density at radius 3 is 2.53 bits per heavy atom. The maximum Gasteiger partial charge on any atom is 0.293 e. The highest BCUT2D eigenvalue weighted by Gasteiger charge is 2.35. The van der Waals surface area contributed by atoms with Crippen molar-refractivity contribution < 1.29 is 23.9 Å². The van der Waals surface area contributed by atoms with E-state index in [9.17, 15) is 23.9 Å². The molecule has 8 heteroatoms. The highest BCUT2D eigenvalue weighted by atomic mass is 32.2. The van der Waals surface area contributed by atoms with E-state index < -0.39 is 23.0 Å². The minimum Gasteiger partial charge on any atom is -0.394 e. The number of benzene rings is 2. The molecule has 0 aliphatic carbocycles. The number of hydrogen-bond acceptors (Lipinski definition) is 5. The first-order valence-electron chi connectivity index (χ1n) is 9.42. The van der Waals surface area contributed by atoms with Gasteiger partial charge in [0.25, 0.3) is 11.1 Å². The molecular formula is C22H21FN2O4S. The number of amides is 3. The van der Waals surface area contributed by atoms with Crippen molar-refractivity contribution in [2.45, 2.75) is 18.9 Å². The lowest BCUT2D eigenvalue weighted by Crippen LogP contribution is -2.41. The fourth-order valence-corrected chi connectivity index (χ4v) is 3.86. The van der Waals surface area contributed by atoms with E-state index in [0.29, 0.717) is 6.42 Å². The Labute approximate surface area is 177 Å². The third kappa shape index (κ3) is 5.55. The molecule has 1 aliphatic rings. The summed E-state index contributed by atoms with van der Waals surface area (Å²) in [5, 5.41) is 11.7. The van der Waals surface area contributed by atoms with Crippen LogP contribution in [0.5, 0.6) is 0 Å². The third-order valence-electron chi connectivity index (χ3n) is 4.54. The molecule has 1 fully saturated rings. The van der Waals surface area contributed by atoms with Gasteiger partial charge >= 0.3 is 0 Å². The van der Waals surface area contributed by atoms with Gasteiger partial charge in [-0.25, -0.2) is 4.39 Å². The van der Waals surface area contributed by atoms with Gasteiger partial charge in [0.2, 0.25) is 5.91 Å². The molecular weight excluding hydrogens is 407 g/mol. The monoisotopic (exact) mass is 428 g/mol. The van der Waals surface area contributed by atoms with Crippen molar-refractivity contribution in [3.8, 4) is 0 Å². The molecule has 1 heterocycles. The van der Waals surface area contributed by atoms with Crippen LogP contribution in [-0.2, 0) is 16.0 Å². The van der Waals surface area contributed by atoms with Gasteiger partial charge in [-0.2, -0.15) is 0 Å². The molecule has 0 unspecified atom stereocenters. The van der Waals surface area contributed by atoms with Crippen molar-refractivity contribution in [1.29, 1.82) is 0 Å². The highest BCUT2D eigenvalue weighted by Crippen LogP contribution is 2.32. The lowest BCUT2D eigenvalue weighted by atomic mass is 10.1. The van der Waals surface area contributed by atoms with Gasteiger partial charge in [0.1, 0.15) is 5.82 Å². The highest BCUT2D eigenvalue weighted by molar-refractivity contribution is 8.18. The number of nitrogens with one attached hydrogen (secondary N) is 1. The Morgan fingerprint density at radius 1 is 1.13 bits per heavy atom. The van der Waals surface area contributed by atoms with Crippen LogP contribution in [0.1, 0.15) is 17.5 Å². The van der Waals surface area contributed by atoms with Crippen LogP contribution in [0, 0.1) is 5.82 Å². The molecule has 2 N–H and O–H groups in total. The molecule has 0 spiro atoms. The Balaban J connectivity index is 1.56. The zero-order chi connectivity index (χ0) is 21.5. The van der Waals surface area contributed by atoms with E-state index in [-0.39, 0.29) is 35.9 Å². The van der Waals surface area contributed by atoms with Gasteiger partial charge in [-0.1, -0.05) is 48.5 Å². The minimum atomic E-state index is -0.552. The van der Waals surface area contributed by atoms with Crippen LogP contribution in [-0.4, -0.2) is 46.3 Å². The number of aliphatic hydroxyl groups excluding tert-OH is 1. The quantitative estimate of drug-likeness (QED) is 0.632. The van der Waals surface area contributed by atoms with Crippen LogP contribution in [0.3, 0.4) is 0 Å². The summed E-state index contributed by atoms with van der Waals surface area (Å²) in [5.41, 5.74) is 1.19. The molecule has 0 saturated carbocycles. The summed E-state index contributed by atoms with van der Waals surface area (Å²) in [4.78, 5) is 38.0. The predicted octanol–water partition coefficient (Wildman–Crippen LogP) is 2.97. The summed E-state index contributed by atoms with van der Waals surface area (Å²) in [6.45, 7) is -0.317. The first-order chi connectivity index (χ1) is 14.5. The fourth-order valence-electron chi connectivity index (χ4n) is 3.00. The largest absolute Gasteiger partial charge is 0.394 e. The SMILES string of the molecule is O=C(CCN1C(=O)S/C(=C\c2ccccc2F)C1=O)N[C@@H](CO)Cc1ccccc1. The number of thioether (sulfide) groups is 1. The topological polar surface area (TPSA) is 86.7 Å². The number of carbonyl (C=O) groups excluding carboxylic acids is 3. The Bertz CT molecular complexity index is 965. The summed E-state index contributed by atoms with van der Waals surface area (Å²) < 4.78 is 13.8. The Morgan fingerprint density at radius 2 is 1.83 bits per heavy atom. The summed E-state index contributed by atoms with van der Waals surface area (Å²) >= 11 is 0.717. The lowest BCUT2D eigenvalue weighted by molar-refractivity contribution is -0.124. The summed E-state index contributed by atoms with van der Waals surface area (Å²) in [5.74, 6) is -1.41. The Kier molecular flexibility index (Phi) is 7.37. The fraction of sp³-hybridized carbons (Fsp3) is 0.227. The maximum absolute atomic E-state index is 13.8. The van der Waals surface area contributed by atoms with E-state index in [1.165, 1.54) is 24.3 Å². The van der Waals surface area contributed by atoms with Gasteiger partial charge in [0, 0.05) is 18.5 Å². The number of imide groups is 1. The van der Waals surface area contributed by atoms with Gasteiger partial charge in [-0.3, -0.25) is 19.3 Å². The van der Waals surface area contributed by atoms with Crippen LogP contribution in [0.4, 0.5) is 9.18 Å². The van der Waals surface area contributed by atoms with Crippen molar-refractivity contribution >= 4 is 34.9 Å². The number of carbonyl (C=O) groups is 3. The molecule has 6 nitrogen and oxygen atoms in total. The van der Waals surface area contributed by atoms with Gasteiger partial charge < -0.3 is 10.4 Å². The predicted molar refractivity (Wildman–Crippen MR) is 113 cm³/mol. The van der Waals surface area contributed by atoms with Gasteiger partial charge in [0.05, 0.1) is 17.6 Å². The van der Waals surface area contributed by atoms with E-state index in [4.69, 9.17) is 0 Å². The van der Waals surface area contributed by atoms with Crippen molar-refractivity contribution in [3.63, 3.8) is 0 Å². The molecule has 156 valence electrons. The average Bonchev–Trinajstić information content (AvgIpc) is 3.01. The van der Waals surface area contributed by atoms with Crippen LogP contribution in [0.2, 0.25) is 0 Å². The van der Waals surface area contributed by atoms with Gasteiger partial charge in [-0.05, 0) is 35.9 Å². The zero-order valence-electron chi connectivity index (χ0n) is 16.1. The molecule has 0 aromatic heterocycles. The number of rotatable bonds is 8. The van der Waals surface area contributed by atoms with E-state index in [1.54, 1.807) is 6.07 Å². The van der Waals surface area contributed by atoms with Crippen molar-refractivity contribution in [2.24, 2.45) is 0 Å². The number of aliphatic hydroxyl groups is 1. The normalized spacial score (nSPS) is 16.2. The summed E-state index contributed by atoms with van der Waals surface area (Å²) in [6.07, 6.45) is 1.72. The number of hydrogen-bond donors (Lipinski definition) is 2. The summed E-state index contributed by atoms with van der Waals surface area (Å²) in [7, 11) is 0. The molecule has 3 rings (SSSR count). The standard InChI is InChI=1S/C22H21FN2O4S/c23-18-9-5-4-8-16(18)13-19-21(28)25(22(29)30-19)11-10-20(27)24-17(14-26)12-15-6-2-1-3-7-15/h1-9,13,17,26H,10-12,14H2,(H,24,27)/b19-13-/t17-/m1/s1. The molecule has 1 aliphatic heterocycles. The number of halogens is 1. The van der Waals surface area contributed by atoms with Gasteiger partial charge in [-0.15, -0.1) is 0 Å². The van der Waals surface area contributed by atoms with Crippen molar-refractivity contribution in [3.05, 3.63) is 76.4 Å². The summed E-state index contributed by atoms with van der Waals surface area (Å²) in [6, 6.07) is 14.9. The maximum atomic E-state index is 13.8. The molecule has 1 atom stereocenters. The molecule has 2 aromatic carbocycles. The van der Waals surface area contributed by atoms with E-state index >= 15 is 0 Å². The third-order valence-corrected chi connectivity index (χ3v) is 5.45. The second kappa shape index (κ2) is 10.2. The van der Waals surface area contributed by atoms with Crippen LogP contribution >= 0.6 is 11.8 Å².